The lowest BCUT2D eigenvalue weighted by Crippen LogP contribution is -2.15. The Morgan fingerprint density at radius 3 is 2.50 bits per heavy atom. The van der Waals surface area contributed by atoms with E-state index in [4.69, 9.17) is 23.2 Å². The standard InChI is InChI=1S/C16H15Cl2NO/c1-11(17)13-7-3-5-9-15(13)19-16(20)10-12-6-2-4-8-14(12)18/h2-9,11H,10H2,1H3,(H,19,20). The average molecular weight is 308 g/mol. The number of anilines is 1. The molecule has 0 spiro atoms. The van der Waals surface area contributed by atoms with E-state index in [0.717, 1.165) is 16.8 Å². The minimum atomic E-state index is -0.160. The molecule has 0 saturated carbocycles. The lowest BCUT2D eigenvalue weighted by atomic mass is 10.1. The molecule has 0 fully saturated rings. The molecule has 0 radical (unpaired) electrons. The number of nitrogens with one attached hydrogen (secondary N) is 1. The Morgan fingerprint density at radius 2 is 1.80 bits per heavy atom. The Kier molecular flexibility index (Phi) is 5.05. The fraction of sp³-hybridized carbons (Fsp3) is 0.188. The van der Waals surface area contributed by atoms with E-state index in [9.17, 15) is 4.79 Å². The molecule has 0 aliphatic rings. The predicted octanol–water partition coefficient (Wildman–Crippen LogP) is 4.82. The molecule has 1 amide bonds. The summed E-state index contributed by atoms with van der Waals surface area (Å²) in [4.78, 5) is 12.1. The molecule has 1 unspecified atom stereocenters. The number of halogens is 2. The lowest BCUT2D eigenvalue weighted by Gasteiger charge is -2.12. The van der Waals surface area contributed by atoms with Crippen molar-refractivity contribution in [3.05, 3.63) is 64.7 Å². The highest BCUT2D eigenvalue weighted by molar-refractivity contribution is 6.31. The molecular weight excluding hydrogens is 293 g/mol. The first-order chi connectivity index (χ1) is 9.58. The Hall–Kier alpha value is -1.51. The van der Waals surface area contributed by atoms with Gasteiger partial charge in [0.1, 0.15) is 0 Å². The highest BCUT2D eigenvalue weighted by Crippen LogP contribution is 2.27. The highest BCUT2D eigenvalue weighted by Gasteiger charge is 2.11. The number of hydrogen-bond acceptors (Lipinski definition) is 1. The van der Waals surface area contributed by atoms with Crippen LogP contribution < -0.4 is 5.32 Å². The van der Waals surface area contributed by atoms with Gasteiger partial charge in [-0.15, -0.1) is 11.6 Å². The van der Waals surface area contributed by atoms with Gasteiger partial charge in [0.05, 0.1) is 11.8 Å². The van der Waals surface area contributed by atoms with Gasteiger partial charge < -0.3 is 5.32 Å². The summed E-state index contributed by atoms with van der Waals surface area (Å²) in [5.41, 5.74) is 2.46. The number of carbonyl (C=O) groups is 1. The van der Waals surface area contributed by atoms with Crippen LogP contribution in [0.15, 0.2) is 48.5 Å². The van der Waals surface area contributed by atoms with Gasteiger partial charge in [-0.3, -0.25) is 4.79 Å². The maximum absolute atomic E-state index is 12.1. The zero-order chi connectivity index (χ0) is 14.5. The zero-order valence-corrected chi connectivity index (χ0v) is 12.6. The van der Waals surface area contributed by atoms with Crippen molar-refractivity contribution in [2.75, 3.05) is 5.32 Å². The van der Waals surface area contributed by atoms with Crippen molar-refractivity contribution in [1.82, 2.24) is 0 Å². The summed E-state index contributed by atoms with van der Waals surface area (Å²) < 4.78 is 0. The van der Waals surface area contributed by atoms with E-state index in [0.29, 0.717) is 5.02 Å². The van der Waals surface area contributed by atoms with Gasteiger partial charge in [-0.05, 0) is 30.2 Å². The normalized spacial score (nSPS) is 11.9. The van der Waals surface area contributed by atoms with E-state index in [2.05, 4.69) is 5.32 Å². The van der Waals surface area contributed by atoms with E-state index in [1.807, 2.05) is 49.4 Å². The quantitative estimate of drug-likeness (QED) is 0.806. The van der Waals surface area contributed by atoms with Crippen molar-refractivity contribution in [1.29, 1.82) is 0 Å². The predicted molar refractivity (Wildman–Crippen MR) is 84.5 cm³/mol. The van der Waals surface area contributed by atoms with Crippen molar-refractivity contribution < 1.29 is 4.79 Å². The van der Waals surface area contributed by atoms with Gasteiger partial charge in [0.2, 0.25) is 5.91 Å². The maximum atomic E-state index is 12.1. The van der Waals surface area contributed by atoms with Crippen molar-refractivity contribution in [2.45, 2.75) is 18.7 Å². The second kappa shape index (κ2) is 6.78. The number of benzene rings is 2. The van der Waals surface area contributed by atoms with Crippen LogP contribution in [-0.4, -0.2) is 5.91 Å². The largest absolute Gasteiger partial charge is 0.325 e. The summed E-state index contributed by atoms with van der Waals surface area (Å²) in [6.45, 7) is 1.88. The smallest absolute Gasteiger partial charge is 0.228 e. The van der Waals surface area contributed by atoms with E-state index in [-0.39, 0.29) is 17.7 Å². The first-order valence-electron chi connectivity index (χ1n) is 6.34. The molecule has 20 heavy (non-hydrogen) atoms. The molecule has 0 aliphatic carbocycles. The molecule has 104 valence electrons. The molecule has 4 heteroatoms. The van der Waals surface area contributed by atoms with E-state index < -0.39 is 0 Å². The SMILES string of the molecule is CC(Cl)c1ccccc1NC(=O)Cc1ccccc1Cl. The number of carbonyl (C=O) groups excluding carboxylic acids is 1. The van der Waals surface area contributed by atoms with Gasteiger partial charge in [0, 0.05) is 10.7 Å². The van der Waals surface area contributed by atoms with Gasteiger partial charge in [0.25, 0.3) is 0 Å². The third-order valence-electron chi connectivity index (χ3n) is 2.97. The molecular formula is C16H15Cl2NO. The van der Waals surface area contributed by atoms with E-state index in [1.54, 1.807) is 6.07 Å². The van der Waals surface area contributed by atoms with Crippen LogP contribution in [-0.2, 0) is 11.2 Å². The van der Waals surface area contributed by atoms with Gasteiger partial charge in [-0.25, -0.2) is 0 Å². The van der Waals surface area contributed by atoms with Crippen LogP contribution in [0.2, 0.25) is 5.02 Å². The molecule has 2 nitrogen and oxygen atoms in total. The molecule has 1 N–H and O–H groups in total. The summed E-state index contributed by atoms with van der Waals surface area (Å²) in [5, 5.41) is 3.32. The average Bonchev–Trinajstić information content (AvgIpc) is 2.41. The monoisotopic (exact) mass is 307 g/mol. The van der Waals surface area contributed by atoms with Gasteiger partial charge in [0.15, 0.2) is 0 Å². The molecule has 0 aliphatic heterocycles. The number of rotatable bonds is 4. The molecule has 1 atom stereocenters. The summed E-state index contributed by atoms with van der Waals surface area (Å²) in [6.07, 6.45) is 0.241. The number of hydrogen-bond donors (Lipinski definition) is 1. The summed E-state index contributed by atoms with van der Waals surface area (Å²) in [5.74, 6) is -0.108. The first-order valence-corrected chi connectivity index (χ1v) is 7.15. The Bertz CT molecular complexity index is 611. The minimum Gasteiger partial charge on any atom is -0.325 e. The van der Waals surface area contributed by atoms with Crippen LogP contribution in [0.4, 0.5) is 5.69 Å². The second-order valence-electron chi connectivity index (χ2n) is 4.52. The molecule has 0 bridgehead atoms. The van der Waals surface area contributed by atoms with Crippen molar-refractivity contribution in [3.8, 4) is 0 Å². The molecule has 2 aromatic rings. The maximum Gasteiger partial charge on any atom is 0.228 e. The minimum absolute atomic E-state index is 0.108. The van der Waals surface area contributed by atoms with Crippen LogP contribution in [0.5, 0.6) is 0 Å². The van der Waals surface area contributed by atoms with Gasteiger partial charge in [-0.2, -0.15) is 0 Å². The summed E-state index contributed by atoms with van der Waals surface area (Å²) in [6, 6.07) is 14.8. The van der Waals surface area contributed by atoms with Crippen LogP contribution in [0.3, 0.4) is 0 Å². The van der Waals surface area contributed by atoms with Gasteiger partial charge >= 0.3 is 0 Å². The number of amides is 1. The molecule has 0 aromatic heterocycles. The van der Waals surface area contributed by atoms with Crippen molar-refractivity contribution in [3.63, 3.8) is 0 Å². The Morgan fingerprint density at radius 1 is 1.15 bits per heavy atom. The molecule has 0 heterocycles. The Balaban J connectivity index is 2.11. The van der Waals surface area contributed by atoms with Crippen molar-refractivity contribution >= 4 is 34.8 Å². The summed E-state index contributed by atoms with van der Waals surface area (Å²) >= 11 is 12.2. The first kappa shape index (κ1) is 14.9. The number of alkyl halides is 1. The zero-order valence-electron chi connectivity index (χ0n) is 11.1. The number of para-hydroxylation sites is 1. The summed E-state index contributed by atoms with van der Waals surface area (Å²) in [7, 11) is 0. The fourth-order valence-electron chi connectivity index (χ4n) is 1.97. The lowest BCUT2D eigenvalue weighted by molar-refractivity contribution is -0.115. The van der Waals surface area contributed by atoms with E-state index >= 15 is 0 Å². The van der Waals surface area contributed by atoms with Crippen LogP contribution in [0.25, 0.3) is 0 Å². The van der Waals surface area contributed by atoms with Gasteiger partial charge in [-0.1, -0.05) is 48.0 Å². The van der Waals surface area contributed by atoms with Crippen molar-refractivity contribution in [2.24, 2.45) is 0 Å². The second-order valence-corrected chi connectivity index (χ2v) is 5.58. The van der Waals surface area contributed by atoms with Crippen LogP contribution in [0, 0.1) is 0 Å². The highest BCUT2D eigenvalue weighted by atomic mass is 35.5. The molecule has 2 aromatic carbocycles. The molecule has 0 saturated heterocycles. The molecule has 2 rings (SSSR count). The van der Waals surface area contributed by atoms with Crippen LogP contribution in [0.1, 0.15) is 23.4 Å². The fourth-order valence-corrected chi connectivity index (χ4v) is 2.36. The Labute approximate surface area is 128 Å². The third kappa shape index (κ3) is 3.75. The topological polar surface area (TPSA) is 29.1 Å². The third-order valence-corrected chi connectivity index (χ3v) is 3.58. The van der Waals surface area contributed by atoms with Crippen LogP contribution >= 0.6 is 23.2 Å². The van der Waals surface area contributed by atoms with E-state index in [1.165, 1.54) is 0 Å².